The van der Waals surface area contributed by atoms with Gasteiger partial charge in [0.2, 0.25) is 0 Å². The Labute approximate surface area is 625 Å². The summed E-state index contributed by atoms with van der Waals surface area (Å²) in [6.07, 6.45) is -24.5. The SMILES string of the molecule is O=S(=O)(OCCOc1nc(OCCOS(=O)(=O)c2cccc(C(F)(F)C(F)(F)C(F)(F)C(F)(F)C(F)(F)C(F)(F)C(F)(F)C(F)(F)F)c2)nc(OCCOS(=O)(=O)c2cccc(C(F)(F)C(F)(F)C(F)(F)C(F)(F)C(F)(F)C(F)(F)C(F)(F)C(F)(F)F)c2)n1)c1cccc(C(F)(F)C(F)(F)C(F)(F)C(F)(F)C(F)(F)C(F)(F)C(F)(F)C(F)(F)F)c1. The molecule has 0 atom stereocenters. The number of benzene rings is 3. The Morgan fingerprint density at radius 1 is 0.208 bits per heavy atom. The topological polar surface area (TPSA) is 196 Å². The van der Waals surface area contributed by atoms with Crippen LogP contribution in [0.15, 0.2) is 87.5 Å². The van der Waals surface area contributed by atoms with Crippen LogP contribution in [0.2, 0.25) is 0 Å². The van der Waals surface area contributed by atoms with Gasteiger partial charge in [-0.1, -0.05) is 36.4 Å². The van der Waals surface area contributed by atoms with Gasteiger partial charge >= 0.3 is 161 Å². The third-order valence-corrected chi connectivity index (χ3v) is 18.8. The zero-order valence-electron chi connectivity index (χ0n) is 54.4. The van der Waals surface area contributed by atoms with Gasteiger partial charge in [-0.3, -0.25) is 12.5 Å². The average molecular weight is 1940 g/mol. The van der Waals surface area contributed by atoms with E-state index < -0.39 is 299 Å². The molecule has 0 amide bonds. The van der Waals surface area contributed by atoms with E-state index in [9.17, 15) is 223 Å². The van der Waals surface area contributed by atoms with Crippen LogP contribution in [0.3, 0.4) is 0 Å². The van der Waals surface area contributed by atoms with Gasteiger partial charge in [0.1, 0.15) is 39.6 Å². The Kier molecular flexibility index (Phi) is 27.2. The molecule has 0 unspecified atom stereocenters. The summed E-state index contributed by atoms with van der Waals surface area (Å²) in [4.78, 5) is 2.86. The normalized spacial score (nSPS) is 15.6. The van der Waals surface area contributed by atoms with Gasteiger partial charge < -0.3 is 14.2 Å². The molecule has 0 saturated heterocycles. The molecule has 15 nitrogen and oxygen atoms in total. The molecule has 0 aliphatic rings. The molecule has 1 aromatic heterocycles. The second-order valence-electron chi connectivity index (χ2n) is 22.7. The van der Waals surface area contributed by atoms with E-state index in [0.717, 1.165) is 0 Å². The molecule has 690 valence electrons. The average Bonchev–Trinajstić information content (AvgIpc) is 0.700. The molecule has 0 bridgehead atoms. The molecule has 69 heteroatoms. The molecule has 0 aliphatic carbocycles. The molecule has 1 heterocycles. The van der Waals surface area contributed by atoms with Crippen LogP contribution in [0.1, 0.15) is 16.7 Å². The lowest BCUT2D eigenvalue weighted by atomic mass is 9.87. The number of halogens is 51. The number of ether oxygens (including phenoxy) is 3. The van der Waals surface area contributed by atoms with Crippen molar-refractivity contribution in [3.8, 4) is 18.0 Å². The molecule has 3 aromatic carbocycles. The molecule has 0 saturated carbocycles. The summed E-state index contributed by atoms with van der Waals surface area (Å²) in [6.45, 7) is -10.7. The highest BCUT2D eigenvalue weighted by atomic mass is 32.2. The van der Waals surface area contributed by atoms with Crippen molar-refractivity contribution in [2.75, 3.05) is 39.6 Å². The Bertz CT molecular complexity index is 4230. The second-order valence-corrected chi connectivity index (χ2v) is 27.5. The minimum atomic E-state index is -9.15. The van der Waals surface area contributed by atoms with Gasteiger partial charge in [0.15, 0.2) is 0 Å². The van der Waals surface area contributed by atoms with Gasteiger partial charge in [0.25, 0.3) is 30.4 Å². The van der Waals surface area contributed by atoms with Crippen LogP contribution < -0.4 is 14.2 Å². The fourth-order valence-corrected chi connectivity index (χ4v) is 10.9. The summed E-state index contributed by atoms with van der Waals surface area (Å²) in [5.41, 5.74) is -9.50. The van der Waals surface area contributed by atoms with Gasteiger partial charge in [0, 0.05) is 16.7 Å². The summed E-state index contributed by atoms with van der Waals surface area (Å²) in [5.74, 6) is -182. The van der Waals surface area contributed by atoms with Gasteiger partial charge in [-0.15, -0.1) is 15.0 Å². The first-order valence-corrected chi connectivity index (χ1v) is 32.6. The van der Waals surface area contributed by atoms with Crippen LogP contribution in [-0.4, -0.2) is 205 Å². The third kappa shape index (κ3) is 16.4. The van der Waals surface area contributed by atoms with Gasteiger partial charge in [-0.2, -0.15) is 249 Å². The van der Waals surface area contributed by atoms with Crippen LogP contribution in [0.5, 0.6) is 18.0 Å². The zero-order chi connectivity index (χ0) is 94.8. The van der Waals surface area contributed by atoms with Gasteiger partial charge in [-0.25, -0.2) is 0 Å². The molecular formula is C51H24F51N3O12S3. The van der Waals surface area contributed by atoms with Crippen molar-refractivity contribution in [2.24, 2.45) is 0 Å². The standard InChI is InChI=1S/C51H24F51N3O12S3/c52-28(53,31(58,59)34(64,65)37(70,71)40(76,77)43(82,83)46(88,89)49(94,95)96)19-4-1-7-22(16-19)118(106,107)115-13-10-112-25-103-26(113-11-14-116-119(108,109)23-8-2-5-20(17-23)29(54,55)32(60,61)35(66,67)38(72,73)41(78,79)44(84,85)47(90,91)50(97,98)99)105-27(104-25)114-12-15-117-120(110,111)24-9-3-6-21(18-24)30(56,57)33(62,63)36(68,69)39(74,75)42(80,81)45(86,87)48(92,93)51(100,101)102/h1-9,16-18H,10-15H2. The maximum absolute atomic E-state index is 15.1. The minimum absolute atomic E-state index is 0.170. The van der Waals surface area contributed by atoms with Crippen molar-refractivity contribution < 1.29 is 276 Å². The largest absolute Gasteiger partial charge is 0.461 e. The Balaban J connectivity index is 1.71. The predicted molar refractivity (Wildman–Crippen MR) is 274 cm³/mol. The van der Waals surface area contributed by atoms with Crippen molar-refractivity contribution in [3.63, 3.8) is 0 Å². The molecule has 4 rings (SSSR count). The van der Waals surface area contributed by atoms with E-state index in [1.54, 1.807) is 0 Å². The summed E-state index contributed by atoms with van der Waals surface area (Å²) < 4.78 is 815. The Hall–Kier alpha value is -7.77. The summed E-state index contributed by atoms with van der Waals surface area (Å²) in [7, 11) is -18.5. The van der Waals surface area contributed by atoms with Crippen molar-refractivity contribution in [1.29, 1.82) is 0 Å². The first kappa shape index (κ1) is 105. The van der Waals surface area contributed by atoms with Crippen molar-refractivity contribution >= 4 is 30.4 Å². The number of hydrogen-bond donors (Lipinski definition) is 0. The summed E-state index contributed by atoms with van der Waals surface area (Å²) >= 11 is 0. The van der Waals surface area contributed by atoms with Crippen LogP contribution in [-0.2, 0) is 60.7 Å². The number of rotatable bonds is 39. The Morgan fingerprint density at radius 2 is 0.358 bits per heavy atom. The van der Waals surface area contributed by atoms with E-state index in [-0.39, 0.29) is 36.4 Å². The Morgan fingerprint density at radius 3 is 0.517 bits per heavy atom. The van der Waals surface area contributed by atoms with E-state index in [1.165, 1.54) is 0 Å². The number of hydrogen-bond acceptors (Lipinski definition) is 15. The molecule has 0 fully saturated rings. The minimum Gasteiger partial charge on any atom is -0.461 e. The third-order valence-electron chi connectivity index (χ3n) is 14.9. The lowest BCUT2D eigenvalue weighted by Gasteiger charge is -2.42. The fourth-order valence-electron chi connectivity index (χ4n) is 8.12. The molecule has 0 aliphatic heterocycles. The number of aromatic nitrogens is 3. The van der Waals surface area contributed by atoms with Crippen molar-refractivity contribution in [1.82, 2.24) is 15.0 Å². The first-order valence-electron chi connectivity index (χ1n) is 28.4. The molecule has 4 aromatic rings. The maximum atomic E-state index is 15.1. The van der Waals surface area contributed by atoms with E-state index in [1.807, 2.05) is 0 Å². The zero-order valence-corrected chi connectivity index (χ0v) is 56.9. The van der Waals surface area contributed by atoms with Crippen molar-refractivity contribution in [2.45, 2.75) is 158 Å². The van der Waals surface area contributed by atoms with Crippen LogP contribution in [0.25, 0.3) is 0 Å². The van der Waals surface area contributed by atoms with Gasteiger partial charge in [0.05, 0.1) is 14.7 Å². The number of nitrogens with zero attached hydrogens (tertiary/aromatic N) is 3. The highest BCUT2D eigenvalue weighted by molar-refractivity contribution is 7.87. The van der Waals surface area contributed by atoms with Crippen LogP contribution in [0.4, 0.5) is 224 Å². The quantitative estimate of drug-likeness (QED) is 0.0232. The lowest BCUT2D eigenvalue weighted by Crippen LogP contribution is -2.74. The predicted octanol–water partition coefficient (Wildman–Crippen LogP) is 18.6. The molecular weight excluding hydrogens is 1910 g/mol. The smallest absolute Gasteiger partial charge is 0.460 e. The number of alkyl halides is 51. The molecule has 120 heavy (non-hydrogen) atoms. The van der Waals surface area contributed by atoms with E-state index in [2.05, 4.69) is 27.5 Å². The summed E-state index contributed by atoms with van der Waals surface area (Å²) in [5, 5.41) is 0. The molecule has 0 spiro atoms. The lowest BCUT2D eigenvalue weighted by molar-refractivity contribution is -0.462. The monoisotopic (exact) mass is 1930 g/mol. The summed E-state index contributed by atoms with van der Waals surface area (Å²) in [6, 6.07) is -11.9. The second kappa shape index (κ2) is 31.2. The van der Waals surface area contributed by atoms with Crippen LogP contribution in [0, 0.1) is 0 Å². The highest BCUT2D eigenvalue weighted by Crippen LogP contribution is 2.70. The fraction of sp³-hybridized carbons (Fsp3) is 0.588. The van der Waals surface area contributed by atoms with E-state index in [4.69, 9.17) is 14.2 Å². The highest BCUT2D eigenvalue weighted by Gasteiger charge is 2.99. The maximum Gasteiger partial charge on any atom is 0.460 e. The molecule has 0 radical (unpaired) electrons. The van der Waals surface area contributed by atoms with E-state index >= 15 is 26.3 Å². The van der Waals surface area contributed by atoms with Crippen LogP contribution >= 0.6 is 0 Å². The first-order chi connectivity index (χ1) is 52.6. The van der Waals surface area contributed by atoms with E-state index in [0.29, 0.717) is 0 Å². The molecule has 0 N–H and O–H groups in total. The van der Waals surface area contributed by atoms with Crippen molar-refractivity contribution in [3.05, 3.63) is 89.5 Å². The van der Waals surface area contributed by atoms with Gasteiger partial charge in [-0.05, 0) is 36.4 Å².